The number of carbonyl (C=O) groups excluding carboxylic acids is 4. The molecule has 1 saturated heterocycles. The van der Waals surface area contributed by atoms with Crippen LogP contribution in [0, 0.1) is 5.41 Å². The molecule has 0 unspecified atom stereocenters. The van der Waals surface area contributed by atoms with E-state index in [1.54, 1.807) is 30.0 Å². The summed E-state index contributed by atoms with van der Waals surface area (Å²) in [6, 6.07) is 13.0. The lowest BCUT2D eigenvalue weighted by Crippen LogP contribution is -2.49. The van der Waals surface area contributed by atoms with Gasteiger partial charge in [-0.05, 0) is 37.1 Å². The average Bonchev–Trinajstić information content (AvgIpc) is 3.53. The predicted molar refractivity (Wildman–Crippen MR) is 148 cm³/mol. The van der Waals surface area contributed by atoms with Crippen molar-refractivity contribution in [2.45, 2.75) is 65.1 Å². The number of ether oxygens (including phenoxy) is 1. The minimum Gasteiger partial charge on any atom is -0.444 e. The zero-order chi connectivity index (χ0) is 28.9. The number of Topliss-reactive ketones (excluding diaryl/α,β-unsaturated/α-hetero) is 1. The Kier molecular flexibility index (Phi) is 8.81. The van der Waals surface area contributed by atoms with Crippen LogP contribution >= 0.6 is 0 Å². The molecule has 2 heterocycles. The normalized spacial score (nSPS) is 17.7. The van der Waals surface area contributed by atoms with Crippen molar-refractivity contribution in [1.29, 1.82) is 0 Å². The molecule has 2 aromatic carbocycles. The SMILES string of the molecule is CCCC[C@H](NC(=O)O[C@@H]1CN(C(=O)c2ccc3n[nH]nc3c2)CC1(C)C)C(=O)C(=O)N[C@H](C)c1ccccc1. The summed E-state index contributed by atoms with van der Waals surface area (Å²) in [4.78, 5) is 53.6. The number of H-pyrrole nitrogens is 1. The van der Waals surface area contributed by atoms with E-state index in [0.717, 1.165) is 12.0 Å². The molecule has 11 heteroatoms. The predicted octanol–water partition coefficient (Wildman–Crippen LogP) is 3.54. The van der Waals surface area contributed by atoms with Gasteiger partial charge in [-0.2, -0.15) is 15.4 Å². The van der Waals surface area contributed by atoms with Crippen molar-refractivity contribution < 1.29 is 23.9 Å². The fourth-order valence-electron chi connectivity index (χ4n) is 4.85. The maximum absolute atomic E-state index is 13.2. The molecule has 4 rings (SSSR count). The lowest BCUT2D eigenvalue weighted by atomic mass is 9.90. The van der Waals surface area contributed by atoms with Gasteiger partial charge in [0.1, 0.15) is 23.2 Å². The standard InChI is InChI=1S/C29H36N6O5/c1-5-6-12-22(25(36)26(37)30-18(2)19-10-8-7-9-11-19)31-28(39)40-24-16-35(17-29(24,3)4)27(38)20-13-14-21-23(15-20)33-34-32-21/h7-11,13-15,18,22,24H,5-6,12,16-17H2,1-4H3,(H,30,37)(H,31,39)(H,32,33,34)/t18-,22+,24-/m1/s1. The number of hydrogen-bond donors (Lipinski definition) is 3. The Morgan fingerprint density at radius 3 is 2.52 bits per heavy atom. The van der Waals surface area contributed by atoms with E-state index < -0.39 is 35.3 Å². The van der Waals surface area contributed by atoms with Crippen LogP contribution in [0.15, 0.2) is 48.5 Å². The number of likely N-dealkylation sites (tertiary alicyclic amines) is 1. The maximum Gasteiger partial charge on any atom is 0.408 e. The number of aromatic nitrogens is 3. The number of hydrogen-bond acceptors (Lipinski definition) is 7. The third-order valence-electron chi connectivity index (χ3n) is 7.28. The van der Waals surface area contributed by atoms with E-state index in [4.69, 9.17) is 4.74 Å². The van der Waals surface area contributed by atoms with Gasteiger partial charge in [-0.15, -0.1) is 0 Å². The van der Waals surface area contributed by atoms with Crippen molar-refractivity contribution in [2.75, 3.05) is 13.1 Å². The first-order valence-electron chi connectivity index (χ1n) is 13.6. The fourth-order valence-corrected chi connectivity index (χ4v) is 4.85. The number of unbranched alkanes of at least 4 members (excludes halogenated alkanes) is 1. The van der Waals surface area contributed by atoms with Crippen molar-refractivity contribution in [2.24, 2.45) is 5.41 Å². The average molecular weight is 549 g/mol. The molecule has 1 aliphatic rings. The first kappa shape index (κ1) is 28.7. The molecule has 0 radical (unpaired) electrons. The summed E-state index contributed by atoms with van der Waals surface area (Å²) in [6.07, 6.45) is 0.331. The Balaban J connectivity index is 1.37. The highest BCUT2D eigenvalue weighted by atomic mass is 16.6. The fraction of sp³-hybridized carbons (Fsp3) is 0.448. The second-order valence-corrected chi connectivity index (χ2v) is 10.9. The largest absolute Gasteiger partial charge is 0.444 e. The summed E-state index contributed by atoms with van der Waals surface area (Å²) in [5, 5.41) is 15.9. The Hall–Kier alpha value is -4.28. The number of aromatic amines is 1. The maximum atomic E-state index is 13.2. The monoisotopic (exact) mass is 548 g/mol. The topological polar surface area (TPSA) is 146 Å². The number of benzene rings is 2. The third-order valence-corrected chi connectivity index (χ3v) is 7.28. The molecular formula is C29H36N6O5. The van der Waals surface area contributed by atoms with Crippen LogP contribution in [0.4, 0.5) is 4.79 Å². The molecule has 0 aliphatic carbocycles. The minimum atomic E-state index is -1.02. The minimum absolute atomic E-state index is 0.193. The van der Waals surface area contributed by atoms with Gasteiger partial charge in [0.15, 0.2) is 0 Å². The van der Waals surface area contributed by atoms with Crippen LogP contribution in [-0.2, 0) is 14.3 Å². The molecule has 0 bridgehead atoms. The summed E-state index contributed by atoms with van der Waals surface area (Å²) in [7, 11) is 0. The molecule has 1 aromatic heterocycles. The number of carbonyl (C=O) groups is 4. The van der Waals surface area contributed by atoms with Gasteiger partial charge in [0.2, 0.25) is 5.78 Å². The van der Waals surface area contributed by atoms with Gasteiger partial charge < -0.3 is 20.3 Å². The van der Waals surface area contributed by atoms with Gasteiger partial charge >= 0.3 is 6.09 Å². The number of fused-ring (bicyclic) bond motifs is 1. The van der Waals surface area contributed by atoms with Gasteiger partial charge in [0.05, 0.1) is 12.6 Å². The molecule has 40 heavy (non-hydrogen) atoms. The van der Waals surface area contributed by atoms with Crippen molar-refractivity contribution in [3.8, 4) is 0 Å². The molecule has 3 amide bonds. The van der Waals surface area contributed by atoms with Crippen LogP contribution < -0.4 is 10.6 Å². The molecule has 3 N–H and O–H groups in total. The molecule has 0 spiro atoms. The van der Waals surface area contributed by atoms with Gasteiger partial charge in [-0.1, -0.05) is 63.9 Å². The van der Waals surface area contributed by atoms with Crippen molar-refractivity contribution in [3.05, 3.63) is 59.7 Å². The number of nitrogens with zero attached hydrogens (tertiary/aromatic N) is 3. The lowest BCUT2D eigenvalue weighted by molar-refractivity contribution is -0.139. The second kappa shape index (κ2) is 12.3. The highest BCUT2D eigenvalue weighted by Gasteiger charge is 2.44. The van der Waals surface area contributed by atoms with Crippen molar-refractivity contribution in [3.63, 3.8) is 0 Å². The van der Waals surface area contributed by atoms with Gasteiger partial charge in [0.25, 0.3) is 11.8 Å². The molecule has 11 nitrogen and oxygen atoms in total. The molecule has 3 aromatic rings. The van der Waals surface area contributed by atoms with E-state index in [9.17, 15) is 19.2 Å². The Morgan fingerprint density at radius 1 is 1.07 bits per heavy atom. The zero-order valence-electron chi connectivity index (χ0n) is 23.3. The summed E-state index contributed by atoms with van der Waals surface area (Å²) < 4.78 is 5.74. The second-order valence-electron chi connectivity index (χ2n) is 10.9. The van der Waals surface area contributed by atoms with Crippen LogP contribution in [-0.4, -0.2) is 69.2 Å². The summed E-state index contributed by atoms with van der Waals surface area (Å²) in [6.45, 7) is 8.15. The first-order chi connectivity index (χ1) is 19.1. The summed E-state index contributed by atoms with van der Waals surface area (Å²) >= 11 is 0. The Bertz CT molecular complexity index is 1370. The van der Waals surface area contributed by atoms with Gasteiger partial charge in [0, 0.05) is 17.5 Å². The molecule has 3 atom stereocenters. The smallest absolute Gasteiger partial charge is 0.408 e. The van der Waals surface area contributed by atoms with Crippen LogP contribution in [0.25, 0.3) is 11.0 Å². The first-order valence-corrected chi connectivity index (χ1v) is 13.6. The van der Waals surface area contributed by atoms with Crippen molar-refractivity contribution in [1.82, 2.24) is 30.9 Å². The number of amides is 3. The molecular weight excluding hydrogens is 512 g/mol. The van der Waals surface area contributed by atoms with Crippen molar-refractivity contribution >= 4 is 34.7 Å². The zero-order valence-corrected chi connectivity index (χ0v) is 23.3. The van der Waals surface area contributed by atoms with E-state index in [-0.39, 0.29) is 18.5 Å². The quantitative estimate of drug-likeness (QED) is 0.328. The van der Waals surface area contributed by atoms with E-state index >= 15 is 0 Å². The van der Waals surface area contributed by atoms with Crippen LogP contribution in [0.3, 0.4) is 0 Å². The Labute approximate surface area is 233 Å². The molecule has 212 valence electrons. The van der Waals surface area contributed by atoms with E-state index in [1.807, 2.05) is 51.1 Å². The molecule has 1 aliphatic heterocycles. The number of nitrogens with one attached hydrogen (secondary N) is 3. The number of rotatable bonds is 10. The number of alkyl carbamates (subject to hydrolysis) is 1. The molecule has 1 fully saturated rings. The van der Waals surface area contributed by atoms with Crippen LogP contribution in [0.5, 0.6) is 0 Å². The Morgan fingerprint density at radius 2 is 1.80 bits per heavy atom. The number of ketones is 1. The highest BCUT2D eigenvalue weighted by molar-refractivity contribution is 6.38. The summed E-state index contributed by atoms with van der Waals surface area (Å²) in [5.41, 5.74) is 2.04. The van der Waals surface area contributed by atoms with E-state index in [2.05, 4.69) is 26.0 Å². The highest BCUT2D eigenvalue weighted by Crippen LogP contribution is 2.33. The molecule has 0 saturated carbocycles. The third kappa shape index (κ3) is 6.64. The van der Waals surface area contributed by atoms with Gasteiger partial charge in [-0.3, -0.25) is 14.4 Å². The van der Waals surface area contributed by atoms with Gasteiger partial charge in [-0.25, -0.2) is 4.79 Å². The summed E-state index contributed by atoms with van der Waals surface area (Å²) in [5.74, 6) is -1.69. The van der Waals surface area contributed by atoms with Crippen LogP contribution in [0.2, 0.25) is 0 Å². The van der Waals surface area contributed by atoms with Crippen LogP contribution in [0.1, 0.15) is 68.9 Å². The lowest BCUT2D eigenvalue weighted by Gasteiger charge is -2.26. The van der Waals surface area contributed by atoms with E-state index in [0.29, 0.717) is 36.0 Å². The van der Waals surface area contributed by atoms with E-state index in [1.165, 1.54) is 0 Å².